The molecule has 0 unspecified atom stereocenters. The smallest absolute Gasteiger partial charge is 0.262 e. The van der Waals surface area contributed by atoms with Gasteiger partial charge in [0.15, 0.2) is 18.1 Å². The van der Waals surface area contributed by atoms with Gasteiger partial charge in [0, 0.05) is 22.3 Å². The molecule has 0 aliphatic heterocycles. The van der Waals surface area contributed by atoms with E-state index in [2.05, 4.69) is 10.6 Å². The van der Waals surface area contributed by atoms with Gasteiger partial charge in [-0.1, -0.05) is 36.4 Å². The first-order valence-corrected chi connectivity index (χ1v) is 10.6. The lowest BCUT2D eigenvalue weighted by Crippen LogP contribution is -2.20. The first kappa shape index (κ1) is 22.7. The summed E-state index contributed by atoms with van der Waals surface area (Å²) in [6.07, 6.45) is 0. The molecule has 0 spiro atoms. The number of ether oxygens (including phenoxy) is 3. The van der Waals surface area contributed by atoms with E-state index in [0.29, 0.717) is 28.5 Å². The van der Waals surface area contributed by atoms with Crippen LogP contribution >= 0.6 is 0 Å². The molecule has 172 valence electrons. The van der Waals surface area contributed by atoms with E-state index in [1.807, 2.05) is 42.5 Å². The Morgan fingerprint density at radius 1 is 0.765 bits per heavy atom. The molecule has 0 atom stereocenters. The fraction of sp³-hybridized carbons (Fsp3) is 0.111. The largest absolute Gasteiger partial charge is 0.497 e. The van der Waals surface area contributed by atoms with Crippen LogP contribution in [0.15, 0.2) is 84.9 Å². The summed E-state index contributed by atoms with van der Waals surface area (Å²) in [7, 11) is 3.05. The van der Waals surface area contributed by atoms with Gasteiger partial charge in [-0.15, -0.1) is 0 Å². The number of carbonyl (C=O) groups is 2. The molecule has 2 amide bonds. The second kappa shape index (κ2) is 10.4. The molecule has 0 radical (unpaired) electrons. The van der Waals surface area contributed by atoms with Gasteiger partial charge >= 0.3 is 0 Å². The number of nitrogens with one attached hydrogen (secondary N) is 2. The maximum Gasteiger partial charge on any atom is 0.262 e. The average molecular weight is 456 g/mol. The monoisotopic (exact) mass is 456 g/mol. The van der Waals surface area contributed by atoms with E-state index in [0.717, 1.165) is 16.5 Å². The van der Waals surface area contributed by atoms with Gasteiger partial charge in [-0.3, -0.25) is 9.59 Å². The van der Waals surface area contributed by atoms with Crippen molar-refractivity contribution in [2.24, 2.45) is 0 Å². The molecule has 0 bridgehead atoms. The second-order valence-corrected chi connectivity index (χ2v) is 7.41. The number of benzene rings is 4. The summed E-state index contributed by atoms with van der Waals surface area (Å²) in [6, 6.07) is 25.4. The van der Waals surface area contributed by atoms with E-state index < -0.39 is 0 Å². The number of carbonyl (C=O) groups excluding carboxylic acids is 2. The van der Waals surface area contributed by atoms with Crippen molar-refractivity contribution in [1.82, 2.24) is 0 Å². The van der Waals surface area contributed by atoms with Gasteiger partial charge in [-0.25, -0.2) is 0 Å². The Hall–Kier alpha value is -4.52. The molecule has 4 rings (SSSR count). The lowest BCUT2D eigenvalue weighted by Gasteiger charge is -2.13. The minimum atomic E-state index is -0.329. The molecule has 7 heteroatoms. The van der Waals surface area contributed by atoms with Gasteiger partial charge in [0.2, 0.25) is 0 Å². The fourth-order valence-electron chi connectivity index (χ4n) is 3.47. The van der Waals surface area contributed by atoms with Crippen molar-refractivity contribution in [3.05, 3.63) is 90.5 Å². The van der Waals surface area contributed by atoms with Crippen molar-refractivity contribution in [2.75, 3.05) is 31.5 Å². The molecular weight excluding hydrogens is 432 g/mol. The third-order valence-electron chi connectivity index (χ3n) is 5.20. The Morgan fingerprint density at radius 2 is 1.53 bits per heavy atom. The van der Waals surface area contributed by atoms with E-state index in [1.54, 1.807) is 49.6 Å². The molecule has 0 fully saturated rings. The highest BCUT2D eigenvalue weighted by atomic mass is 16.5. The van der Waals surface area contributed by atoms with Crippen molar-refractivity contribution in [3.8, 4) is 17.2 Å². The highest BCUT2D eigenvalue weighted by molar-refractivity contribution is 6.09. The molecule has 0 heterocycles. The third kappa shape index (κ3) is 5.27. The third-order valence-corrected chi connectivity index (χ3v) is 5.20. The average Bonchev–Trinajstić information content (AvgIpc) is 2.88. The van der Waals surface area contributed by atoms with Gasteiger partial charge in [-0.2, -0.15) is 0 Å². The number of rotatable bonds is 8. The Kier molecular flexibility index (Phi) is 6.93. The Bertz CT molecular complexity index is 1310. The first-order valence-electron chi connectivity index (χ1n) is 10.6. The van der Waals surface area contributed by atoms with Crippen LogP contribution in [0.4, 0.5) is 11.4 Å². The summed E-state index contributed by atoms with van der Waals surface area (Å²) in [5.74, 6) is 0.795. The van der Waals surface area contributed by atoms with Crippen molar-refractivity contribution >= 4 is 34.0 Å². The van der Waals surface area contributed by atoms with Gasteiger partial charge in [0.1, 0.15) is 5.75 Å². The Labute approximate surface area is 197 Å². The van der Waals surface area contributed by atoms with Crippen LogP contribution in [0.3, 0.4) is 0 Å². The lowest BCUT2D eigenvalue weighted by atomic mass is 10.1. The molecule has 0 saturated carbocycles. The SMILES string of the molecule is COc1ccc(NC(=O)COc2ccc(C(=O)Nc3cccc4ccccc34)cc2OC)cc1. The molecule has 4 aromatic rings. The van der Waals surface area contributed by atoms with Crippen LogP contribution in [-0.2, 0) is 4.79 Å². The Balaban J connectivity index is 1.41. The molecule has 0 aliphatic carbocycles. The molecule has 2 N–H and O–H groups in total. The first-order chi connectivity index (χ1) is 16.6. The topological polar surface area (TPSA) is 85.9 Å². The molecular formula is C27H24N2O5. The molecule has 0 saturated heterocycles. The van der Waals surface area contributed by atoms with Crippen molar-refractivity contribution in [2.45, 2.75) is 0 Å². The highest BCUT2D eigenvalue weighted by Gasteiger charge is 2.14. The lowest BCUT2D eigenvalue weighted by molar-refractivity contribution is -0.118. The highest BCUT2D eigenvalue weighted by Crippen LogP contribution is 2.29. The zero-order chi connectivity index (χ0) is 23.9. The number of hydrogen-bond acceptors (Lipinski definition) is 5. The predicted octanol–water partition coefficient (Wildman–Crippen LogP) is 5.13. The van der Waals surface area contributed by atoms with Gasteiger partial charge < -0.3 is 24.8 Å². The van der Waals surface area contributed by atoms with Crippen LogP contribution < -0.4 is 24.8 Å². The predicted molar refractivity (Wildman–Crippen MR) is 132 cm³/mol. The van der Waals surface area contributed by atoms with Gasteiger partial charge in [0.05, 0.1) is 14.2 Å². The maximum absolute atomic E-state index is 12.9. The van der Waals surface area contributed by atoms with Crippen LogP contribution in [0.1, 0.15) is 10.4 Å². The van der Waals surface area contributed by atoms with E-state index >= 15 is 0 Å². The minimum Gasteiger partial charge on any atom is -0.497 e. The van der Waals surface area contributed by atoms with Crippen molar-refractivity contribution in [1.29, 1.82) is 0 Å². The van der Waals surface area contributed by atoms with Crippen LogP contribution in [0.5, 0.6) is 17.2 Å². The van der Waals surface area contributed by atoms with Gasteiger partial charge in [-0.05, 0) is 53.9 Å². The molecule has 4 aromatic carbocycles. The number of fused-ring (bicyclic) bond motifs is 1. The summed E-state index contributed by atoms with van der Waals surface area (Å²) >= 11 is 0. The number of amides is 2. The van der Waals surface area contributed by atoms with Crippen LogP contribution in [0.25, 0.3) is 10.8 Å². The zero-order valence-corrected chi connectivity index (χ0v) is 18.8. The molecule has 34 heavy (non-hydrogen) atoms. The van der Waals surface area contributed by atoms with E-state index in [-0.39, 0.29) is 18.4 Å². The van der Waals surface area contributed by atoms with Crippen molar-refractivity contribution < 1.29 is 23.8 Å². The number of methoxy groups -OCH3 is 2. The number of anilines is 2. The molecule has 0 aromatic heterocycles. The summed E-state index contributed by atoms with van der Waals surface area (Å²) in [4.78, 5) is 25.1. The second-order valence-electron chi connectivity index (χ2n) is 7.41. The normalized spacial score (nSPS) is 10.4. The fourth-order valence-corrected chi connectivity index (χ4v) is 3.47. The maximum atomic E-state index is 12.9. The van der Waals surface area contributed by atoms with E-state index in [1.165, 1.54) is 7.11 Å². The zero-order valence-electron chi connectivity index (χ0n) is 18.8. The van der Waals surface area contributed by atoms with E-state index in [9.17, 15) is 9.59 Å². The molecule has 7 nitrogen and oxygen atoms in total. The van der Waals surface area contributed by atoms with E-state index in [4.69, 9.17) is 14.2 Å². The van der Waals surface area contributed by atoms with Crippen LogP contribution in [0, 0.1) is 0 Å². The summed E-state index contributed by atoms with van der Waals surface area (Å²) in [5.41, 5.74) is 1.75. The number of hydrogen-bond donors (Lipinski definition) is 2. The van der Waals surface area contributed by atoms with Crippen LogP contribution in [0.2, 0.25) is 0 Å². The Morgan fingerprint density at radius 3 is 2.29 bits per heavy atom. The minimum absolute atomic E-state index is 0.218. The quantitative estimate of drug-likeness (QED) is 0.384. The van der Waals surface area contributed by atoms with Crippen LogP contribution in [-0.4, -0.2) is 32.6 Å². The van der Waals surface area contributed by atoms with Crippen molar-refractivity contribution in [3.63, 3.8) is 0 Å². The summed E-state index contributed by atoms with van der Waals surface area (Å²) in [5, 5.41) is 7.69. The summed E-state index contributed by atoms with van der Waals surface area (Å²) < 4.78 is 16.1. The standard InChI is InChI=1S/C27H24N2O5/c1-32-21-13-11-20(12-14-21)28-26(30)17-34-24-15-10-19(16-25(24)33-2)27(31)29-23-9-5-7-18-6-3-4-8-22(18)23/h3-16H,17H2,1-2H3,(H,28,30)(H,29,31). The molecule has 0 aliphatic rings. The summed E-state index contributed by atoms with van der Waals surface area (Å²) in [6.45, 7) is -0.218. The van der Waals surface area contributed by atoms with Gasteiger partial charge in [0.25, 0.3) is 11.8 Å².